The van der Waals surface area contributed by atoms with Gasteiger partial charge in [0.05, 0.1) is 8.41 Å². The van der Waals surface area contributed by atoms with Crippen LogP contribution in [-0.4, -0.2) is 25.8 Å². The molecule has 0 nitrogen and oxygen atoms in total. The molecule has 6 heavy (non-hydrogen) atoms. The first-order valence-corrected chi connectivity index (χ1v) is 0. The van der Waals surface area contributed by atoms with Crippen molar-refractivity contribution < 1.29 is 72.7 Å². The van der Waals surface area contributed by atoms with E-state index in [0.29, 0.717) is 0 Å². The third kappa shape index (κ3) is 28.8. The van der Waals surface area contributed by atoms with E-state index in [-0.39, 0.29) is 98.5 Å². The van der Waals surface area contributed by atoms with Crippen LogP contribution < -0.4 is 0 Å². The summed E-state index contributed by atoms with van der Waals surface area (Å²) in [6.45, 7) is 0. The van der Waals surface area contributed by atoms with Gasteiger partial charge in [-0.05, 0) is 0 Å². The smallest absolute Gasteiger partial charge is 0 e. The molecule has 0 spiro atoms. The fourth-order valence-corrected chi connectivity index (χ4v) is 0. The monoisotopic (exact) mass is 398 g/mol. The van der Waals surface area contributed by atoms with Gasteiger partial charge in [-0.25, -0.2) is 0 Å². The molecule has 0 fully saturated rings. The second kappa shape index (κ2) is 45.3. The van der Waals surface area contributed by atoms with Crippen molar-refractivity contribution in [3.63, 3.8) is 0 Å². The van der Waals surface area contributed by atoms with Crippen LogP contribution >= 0.6 is 0 Å². The van der Waals surface area contributed by atoms with Gasteiger partial charge in [-0.15, -0.1) is 0 Å². The third-order valence-corrected chi connectivity index (χ3v) is 0. The molecule has 0 aromatic carbocycles. The molecule has 0 heterocycles. The van der Waals surface area contributed by atoms with Crippen molar-refractivity contribution in [3.05, 3.63) is 0 Å². The minimum atomic E-state index is 0. The number of rotatable bonds is 0. The zero-order chi connectivity index (χ0) is 0. The van der Waals surface area contributed by atoms with Crippen molar-refractivity contribution in [1.82, 2.24) is 0 Å². The fraction of sp³-hybridized carbons (Fsp3) is 0. The summed E-state index contributed by atoms with van der Waals surface area (Å²) in [4.78, 5) is 0. The van der Waals surface area contributed by atoms with E-state index in [2.05, 4.69) is 0 Å². The van der Waals surface area contributed by atoms with Gasteiger partial charge in [-0.2, -0.15) is 0 Å². The average molecular weight is 398 g/mol. The van der Waals surface area contributed by atoms with E-state index in [0.717, 1.165) is 0 Å². The van der Waals surface area contributed by atoms with Gasteiger partial charge < -0.3 is 0 Å². The summed E-state index contributed by atoms with van der Waals surface area (Å²) in [6.07, 6.45) is 0. The number of hydrogen-bond acceptors (Lipinski definition) is 0. The Morgan fingerprint density at radius 3 is 1.00 bits per heavy atom. The van der Waals surface area contributed by atoms with Gasteiger partial charge in [0.1, 0.15) is 0 Å². The molecule has 0 aliphatic heterocycles. The second-order valence-corrected chi connectivity index (χ2v) is 0. The molecular weight excluding hydrogens is 392 g/mol. The zero-order valence-corrected chi connectivity index (χ0v) is 7.80. The SMILES string of the molecule is B.[AlH3].[Co].[Fe].[Ni].[Ta]. The second-order valence-electron chi connectivity index (χ2n) is 0. The topological polar surface area (TPSA) is 0 Å². The van der Waals surface area contributed by atoms with Crippen LogP contribution in [0.3, 0.4) is 0 Å². The Morgan fingerprint density at radius 2 is 1.00 bits per heavy atom. The van der Waals surface area contributed by atoms with Crippen LogP contribution in [0.25, 0.3) is 0 Å². The van der Waals surface area contributed by atoms with E-state index in [1.54, 1.807) is 0 Å². The largest absolute Gasteiger partial charge is 0.187 e. The maximum absolute atomic E-state index is 0. The van der Waals surface area contributed by atoms with Crippen LogP contribution in [0, 0.1) is 0 Å². The minimum Gasteiger partial charge on any atom is 0 e. The molecule has 0 aliphatic carbocycles. The van der Waals surface area contributed by atoms with Crippen LogP contribution in [0.15, 0.2) is 0 Å². The predicted molar refractivity (Wildman–Crippen MR) is 19.9 cm³/mol. The van der Waals surface area contributed by atoms with Crippen LogP contribution in [0.4, 0.5) is 0 Å². The Morgan fingerprint density at radius 1 is 1.00 bits per heavy atom. The van der Waals surface area contributed by atoms with Crippen LogP contribution in [-0.2, 0) is 72.7 Å². The molecule has 0 aliphatic rings. The van der Waals surface area contributed by atoms with Crippen molar-refractivity contribution in [2.45, 2.75) is 0 Å². The van der Waals surface area contributed by atoms with Crippen molar-refractivity contribution in [2.24, 2.45) is 0 Å². The first-order chi connectivity index (χ1) is 0. The van der Waals surface area contributed by atoms with Crippen LogP contribution in [0.5, 0.6) is 0 Å². The van der Waals surface area contributed by atoms with E-state index in [1.165, 1.54) is 0 Å². The Hall–Kier alpha value is 2.86. The Kier molecular flexibility index (Phi) is 505. The van der Waals surface area contributed by atoms with Crippen molar-refractivity contribution in [3.8, 4) is 0 Å². The van der Waals surface area contributed by atoms with E-state index in [4.69, 9.17) is 0 Å². The molecule has 0 saturated carbocycles. The molecule has 0 atom stereocenters. The molecule has 0 aromatic heterocycles. The maximum Gasteiger partial charge on any atom is 0.187 e. The Balaban J connectivity index is 0. The average Bonchev–Trinajstić information content (AvgIpc) is 0. The zero-order valence-electron chi connectivity index (χ0n) is 1.45. The van der Waals surface area contributed by atoms with E-state index in [1.807, 2.05) is 0 Å². The standard InChI is InChI=1S/Al.BH3.Co.Fe.Ni.Ta.3H/h;1H3;;;;;;;. The van der Waals surface area contributed by atoms with Gasteiger partial charge in [0, 0.05) is 72.7 Å². The van der Waals surface area contributed by atoms with Crippen LogP contribution in [0.1, 0.15) is 0 Å². The molecular formula is H6AlBCoFeNiTa. The summed E-state index contributed by atoms with van der Waals surface area (Å²) in [7, 11) is 0. The van der Waals surface area contributed by atoms with Crippen LogP contribution in [0.2, 0.25) is 0 Å². The molecule has 0 bridgehead atoms. The maximum atomic E-state index is 0. The molecule has 6 heteroatoms. The Labute approximate surface area is 97.2 Å². The summed E-state index contributed by atoms with van der Waals surface area (Å²) in [5.74, 6) is 0. The van der Waals surface area contributed by atoms with Gasteiger partial charge >= 0.3 is 0 Å². The quantitative estimate of drug-likeness (QED) is 0.400. The molecule has 0 amide bonds. The molecule has 0 unspecified atom stereocenters. The molecule has 44 valence electrons. The summed E-state index contributed by atoms with van der Waals surface area (Å²) in [5.41, 5.74) is 0. The normalized spacial score (nSPS) is 0. The van der Waals surface area contributed by atoms with E-state index < -0.39 is 0 Å². The molecule has 0 rings (SSSR count). The summed E-state index contributed by atoms with van der Waals surface area (Å²) in [6, 6.07) is 0. The summed E-state index contributed by atoms with van der Waals surface area (Å²) in [5, 5.41) is 0. The molecule has 2 radical (unpaired) electrons. The van der Waals surface area contributed by atoms with Crippen molar-refractivity contribution >= 4 is 25.8 Å². The van der Waals surface area contributed by atoms with Gasteiger partial charge in [0.25, 0.3) is 0 Å². The van der Waals surface area contributed by atoms with Gasteiger partial charge in [-0.1, -0.05) is 0 Å². The first kappa shape index (κ1) is 67.0. The molecule has 0 aromatic rings. The van der Waals surface area contributed by atoms with Crippen molar-refractivity contribution in [1.29, 1.82) is 0 Å². The predicted octanol–water partition coefficient (Wildman–Crippen LogP) is -2.38. The Bertz CT molecular complexity index is 15.5. The van der Waals surface area contributed by atoms with E-state index >= 15 is 0 Å². The first-order valence-electron chi connectivity index (χ1n) is 0. The summed E-state index contributed by atoms with van der Waals surface area (Å²) < 4.78 is 0. The summed E-state index contributed by atoms with van der Waals surface area (Å²) >= 11 is 0. The fourth-order valence-electron chi connectivity index (χ4n) is 0. The number of hydrogen-bond donors (Lipinski definition) is 0. The molecule has 0 saturated heterocycles. The third-order valence-electron chi connectivity index (χ3n) is 0. The van der Waals surface area contributed by atoms with Crippen molar-refractivity contribution in [2.75, 3.05) is 0 Å². The van der Waals surface area contributed by atoms with Gasteiger partial charge in [0.15, 0.2) is 17.4 Å². The van der Waals surface area contributed by atoms with E-state index in [9.17, 15) is 0 Å². The molecule has 0 N–H and O–H groups in total. The van der Waals surface area contributed by atoms with Gasteiger partial charge in [-0.3, -0.25) is 0 Å². The van der Waals surface area contributed by atoms with Gasteiger partial charge in [0.2, 0.25) is 0 Å². The minimum absolute atomic E-state index is 0.